The number of nitrogens with one attached hydrogen (secondary N) is 2. The quantitative estimate of drug-likeness (QED) is 0.350. The summed E-state index contributed by atoms with van der Waals surface area (Å²) in [7, 11) is 1.88. The predicted octanol–water partition coefficient (Wildman–Crippen LogP) is 5.71. The normalized spacial score (nSPS) is 22.0. The first kappa shape index (κ1) is 28.8. The maximum absolute atomic E-state index is 13.7. The smallest absolute Gasteiger partial charge is 0.280 e. The average molecular weight is 597 g/mol. The van der Waals surface area contributed by atoms with E-state index in [-0.39, 0.29) is 5.91 Å². The number of aromatic nitrogens is 3. The zero-order chi connectivity index (χ0) is 30.0. The fraction of sp³-hybridized carbons (Fsp3) is 0.529. The molecule has 0 spiro atoms. The van der Waals surface area contributed by atoms with E-state index in [0.717, 1.165) is 67.2 Å². The Kier molecular flexibility index (Phi) is 8.25. The number of guanidine groups is 1. The molecule has 1 aliphatic carbocycles. The molecule has 4 aliphatic rings. The highest BCUT2D eigenvalue weighted by Gasteiger charge is 2.36. The van der Waals surface area contributed by atoms with Gasteiger partial charge in [0.15, 0.2) is 0 Å². The third-order valence-corrected chi connectivity index (χ3v) is 9.45. The van der Waals surface area contributed by atoms with Crippen LogP contribution in [0.4, 0.5) is 17.1 Å². The number of amides is 1. The first-order chi connectivity index (χ1) is 21.5. The summed E-state index contributed by atoms with van der Waals surface area (Å²) in [4.78, 5) is 28.0. The number of aryl methyl sites for hydroxylation is 2. The Hall–Kier alpha value is -3.92. The molecule has 3 aromatic rings. The van der Waals surface area contributed by atoms with E-state index in [9.17, 15) is 4.79 Å². The topological polar surface area (TPSA) is 99.9 Å². The van der Waals surface area contributed by atoms with Crippen molar-refractivity contribution in [2.75, 3.05) is 54.9 Å². The van der Waals surface area contributed by atoms with E-state index in [0.29, 0.717) is 41.5 Å². The van der Waals surface area contributed by atoms with Crippen LogP contribution in [-0.4, -0.2) is 70.9 Å². The van der Waals surface area contributed by atoms with E-state index >= 15 is 0 Å². The molecule has 2 bridgehead atoms. The second-order valence-corrected chi connectivity index (χ2v) is 12.8. The summed E-state index contributed by atoms with van der Waals surface area (Å²) < 4.78 is 8.03. The Morgan fingerprint density at radius 2 is 1.91 bits per heavy atom. The Morgan fingerprint density at radius 1 is 1.05 bits per heavy atom. The molecule has 7 rings (SSSR count). The van der Waals surface area contributed by atoms with Crippen molar-refractivity contribution in [2.24, 2.45) is 23.9 Å². The Balaban J connectivity index is 1.15. The molecule has 1 amide bonds. The van der Waals surface area contributed by atoms with Crippen LogP contribution in [0.15, 0.2) is 41.5 Å². The number of aliphatic imine (C=N–C) groups is 1. The van der Waals surface area contributed by atoms with Gasteiger partial charge in [-0.05, 0) is 114 Å². The fourth-order valence-electron chi connectivity index (χ4n) is 6.93. The lowest BCUT2D eigenvalue weighted by atomic mass is 9.97. The maximum atomic E-state index is 13.7. The summed E-state index contributed by atoms with van der Waals surface area (Å²) in [5, 5.41) is 11.6. The van der Waals surface area contributed by atoms with E-state index in [2.05, 4.69) is 43.7 Å². The minimum absolute atomic E-state index is 0.294. The highest BCUT2D eigenvalue weighted by molar-refractivity contribution is 6.19. The summed E-state index contributed by atoms with van der Waals surface area (Å²) in [6.45, 7) is 7.88. The molecule has 1 aromatic carbocycles. The second-order valence-electron chi connectivity index (χ2n) is 12.8. The number of carbonyl (C=O) groups is 1. The van der Waals surface area contributed by atoms with Crippen molar-refractivity contribution in [3.05, 3.63) is 47.8 Å². The molecule has 44 heavy (non-hydrogen) atoms. The number of anilines is 3. The number of nitrogens with zero attached hydrogens (tertiary/aromatic N) is 6. The van der Waals surface area contributed by atoms with Crippen LogP contribution in [0.2, 0.25) is 0 Å². The van der Waals surface area contributed by atoms with Gasteiger partial charge < -0.3 is 25.2 Å². The molecule has 10 heteroatoms. The van der Waals surface area contributed by atoms with Crippen molar-refractivity contribution in [1.29, 1.82) is 0 Å². The number of hydrogen-bond donors (Lipinski definition) is 2. The third kappa shape index (κ3) is 6.31. The molecule has 1 saturated carbocycles. The SMILES string of the molecule is Cc1cc2cc(n1)-c1cnn(C)c1OCCC[C@@H](C1CC1)CN1/C(=N/C2=O)Nc2cc(NCCCN3CCCCC3)ccc21. The van der Waals surface area contributed by atoms with Gasteiger partial charge in [-0.15, -0.1) is 0 Å². The number of piperidine rings is 1. The Bertz CT molecular complexity index is 1540. The number of carbonyl (C=O) groups excluding carboxylic acids is 1. The summed E-state index contributed by atoms with van der Waals surface area (Å²) in [6.07, 6.45) is 11.4. The molecule has 2 aromatic heterocycles. The van der Waals surface area contributed by atoms with Crippen LogP contribution in [0.5, 0.6) is 5.88 Å². The first-order valence-electron chi connectivity index (χ1n) is 16.4. The first-order valence-corrected chi connectivity index (χ1v) is 16.4. The molecule has 5 heterocycles. The molecular weight excluding hydrogens is 552 g/mol. The second kappa shape index (κ2) is 12.6. The summed E-state index contributed by atoms with van der Waals surface area (Å²) in [5.41, 5.74) is 5.84. The molecule has 1 atom stereocenters. The maximum Gasteiger partial charge on any atom is 0.280 e. The van der Waals surface area contributed by atoms with Crippen molar-refractivity contribution in [1.82, 2.24) is 19.7 Å². The van der Waals surface area contributed by atoms with E-state index in [1.807, 2.05) is 14.0 Å². The van der Waals surface area contributed by atoms with Gasteiger partial charge in [0, 0.05) is 37.1 Å². The number of rotatable bonds is 6. The molecule has 2 fully saturated rings. The van der Waals surface area contributed by atoms with Gasteiger partial charge in [0.05, 0.1) is 35.4 Å². The predicted molar refractivity (Wildman–Crippen MR) is 175 cm³/mol. The summed E-state index contributed by atoms with van der Waals surface area (Å²) >= 11 is 0. The minimum Gasteiger partial charge on any atom is -0.477 e. The van der Waals surface area contributed by atoms with Gasteiger partial charge in [0.2, 0.25) is 11.8 Å². The molecule has 0 unspecified atom stereocenters. The summed E-state index contributed by atoms with van der Waals surface area (Å²) in [5.74, 6) is 2.17. The lowest BCUT2D eigenvalue weighted by molar-refractivity contribution is 0.100. The van der Waals surface area contributed by atoms with Gasteiger partial charge in [-0.1, -0.05) is 6.42 Å². The third-order valence-electron chi connectivity index (χ3n) is 9.45. The van der Waals surface area contributed by atoms with Gasteiger partial charge >= 0.3 is 0 Å². The number of benzene rings is 1. The van der Waals surface area contributed by atoms with Gasteiger partial charge in [-0.25, -0.2) is 4.68 Å². The van der Waals surface area contributed by atoms with E-state index in [1.165, 1.54) is 45.2 Å². The van der Waals surface area contributed by atoms with E-state index in [4.69, 9.17) is 14.7 Å². The number of pyridine rings is 1. The van der Waals surface area contributed by atoms with Crippen LogP contribution in [0.3, 0.4) is 0 Å². The standard InChI is InChI=1S/C34H44N8O2/c1-23-18-26-19-29(37-23)28-21-36-40(2)33(28)44-17-6-8-25(24-9-10-24)22-42-31-12-11-27(20-30(31)38-34(42)39-32(26)43)35-13-7-16-41-14-4-3-5-15-41/h11-12,18-21,24-25,35H,3-10,13-17,22H2,1-2H3,(H,38,39,43)/t25-/m1/s1. The van der Waals surface area contributed by atoms with Crippen LogP contribution in [0.25, 0.3) is 11.3 Å². The van der Waals surface area contributed by atoms with Crippen molar-refractivity contribution < 1.29 is 9.53 Å². The largest absolute Gasteiger partial charge is 0.477 e. The minimum atomic E-state index is -0.294. The van der Waals surface area contributed by atoms with Gasteiger partial charge in [0.1, 0.15) is 0 Å². The molecule has 3 aliphatic heterocycles. The molecule has 0 radical (unpaired) electrons. The lowest BCUT2D eigenvalue weighted by Gasteiger charge is -2.26. The number of hydrogen-bond acceptors (Lipinski definition) is 8. The zero-order valence-electron chi connectivity index (χ0n) is 26.0. The molecule has 1 saturated heterocycles. The molecule has 232 valence electrons. The number of ether oxygens (including phenoxy) is 1. The average Bonchev–Trinajstić information content (AvgIpc) is 3.73. The molecule has 10 nitrogen and oxygen atoms in total. The number of fused-ring (bicyclic) bond motifs is 7. The van der Waals surface area contributed by atoms with E-state index < -0.39 is 0 Å². The van der Waals surface area contributed by atoms with Crippen LogP contribution in [0, 0.1) is 18.8 Å². The van der Waals surface area contributed by atoms with Crippen molar-refractivity contribution in [3.63, 3.8) is 0 Å². The highest BCUT2D eigenvalue weighted by Crippen LogP contribution is 2.43. The van der Waals surface area contributed by atoms with Crippen LogP contribution >= 0.6 is 0 Å². The zero-order valence-corrected chi connectivity index (χ0v) is 26.0. The monoisotopic (exact) mass is 596 g/mol. The van der Waals surface area contributed by atoms with Crippen LogP contribution in [0.1, 0.15) is 67.4 Å². The van der Waals surface area contributed by atoms with Crippen molar-refractivity contribution >= 4 is 28.9 Å². The van der Waals surface area contributed by atoms with Crippen LogP contribution < -0.4 is 20.3 Å². The van der Waals surface area contributed by atoms with Gasteiger partial charge in [-0.3, -0.25) is 9.78 Å². The summed E-state index contributed by atoms with van der Waals surface area (Å²) in [6, 6.07) is 10.1. The fourth-order valence-corrected chi connectivity index (χ4v) is 6.93. The Morgan fingerprint density at radius 3 is 2.75 bits per heavy atom. The van der Waals surface area contributed by atoms with Crippen molar-refractivity contribution in [3.8, 4) is 17.1 Å². The number of likely N-dealkylation sites (tertiary alicyclic amines) is 1. The Labute approximate surface area is 259 Å². The molecular formula is C34H44N8O2. The molecule has 2 N–H and O–H groups in total. The van der Waals surface area contributed by atoms with E-state index in [1.54, 1.807) is 23.0 Å². The lowest BCUT2D eigenvalue weighted by Crippen LogP contribution is -2.36. The van der Waals surface area contributed by atoms with Crippen molar-refractivity contribution in [2.45, 2.75) is 58.3 Å². The van der Waals surface area contributed by atoms with Crippen LogP contribution in [-0.2, 0) is 7.05 Å². The highest BCUT2D eigenvalue weighted by atomic mass is 16.5. The van der Waals surface area contributed by atoms with Gasteiger partial charge in [0.25, 0.3) is 5.91 Å². The van der Waals surface area contributed by atoms with Gasteiger partial charge in [-0.2, -0.15) is 10.1 Å².